The van der Waals surface area contributed by atoms with Crippen molar-refractivity contribution in [2.24, 2.45) is 0 Å². The summed E-state index contributed by atoms with van der Waals surface area (Å²) in [5.74, 6) is 0.319. The largest absolute Gasteiger partial charge is 0.395 e. The average Bonchev–Trinajstić information content (AvgIpc) is 2.69. The number of hydrogen-bond donors (Lipinski definition) is 3. The molecule has 0 aliphatic carbocycles. The lowest BCUT2D eigenvalue weighted by Crippen LogP contribution is -2.13. The number of nitrogens with one attached hydrogen (secondary N) is 2. The van der Waals surface area contributed by atoms with Crippen molar-refractivity contribution in [1.82, 2.24) is 9.97 Å². The maximum Gasteiger partial charge on any atom is 0.257 e. The Hall–Kier alpha value is -2.96. The Labute approximate surface area is 155 Å². The Balaban J connectivity index is 1.75. The minimum Gasteiger partial charge on any atom is -0.395 e. The molecule has 0 atom stereocenters. The summed E-state index contributed by atoms with van der Waals surface area (Å²) >= 11 is 6.26. The van der Waals surface area contributed by atoms with Crippen molar-refractivity contribution in [3.63, 3.8) is 0 Å². The van der Waals surface area contributed by atoms with E-state index in [9.17, 15) is 4.79 Å². The summed E-state index contributed by atoms with van der Waals surface area (Å²) in [7, 11) is 0. The van der Waals surface area contributed by atoms with Gasteiger partial charge in [0, 0.05) is 30.2 Å². The van der Waals surface area contributed by atoms with Gasteiger partial charge in [-0.2, -0.15) is 0 Å². The van der Waals surface area contributed by atoms with Crippen LogP contribution in [0.15, 0.2) is 60.9 Å². The van der Waals surface area contributed by atoms with E-state index < -0.39 is 0 Å². The van der Waals surface area contributed by atoms with Crippen molar-refractivity contribution in [3.8, 4) is 11.3 Å². The number of aromatic nitrogens is 2. The highest BCUT2D eigenvalue weighted by Crippen LogP contribution is 2.29. The molecule has 0 fully saturated rings. The van der Waals surface area contributed by atoms with Gasteiger partial charge in [0.2, 0.25) is 0 Å². The first-order valence-corrected chi connectivity index (χ1v) is 8.38. The second-order valence-electron chi connectivity index (χ2n) is 5.45. The number of nitrogens with zero attached hydrogens (tertiary/aromatic N) is 2. The van der Waals surface area contributed by atoms with Gasteiger partial charge in [-0.3, -0.25) is 9.78 Å². The SMILES string of the molecule is O=C(Nc1ccc(Cl)c(-c2ccccn2)c1)c1ccc(NCCO)nc1. The molecule has 0 bridgehead atoms. The van der Waals surface area contributed by atoms with Crippen LogP contribution in [0.4, 0.5) is 11.5 Å². The van der Waals surface area contributed by atoms with Gasteiger partial charge < -0.3 is 15.7 Å². The van der Waals surface area contributed by atoms with Crippen molar-refractivity contribution in [2.75, 3.05) is 23.8 Å². The van der Waals surface area contributed by atoms with Crippen LogP contribution >= 0.6 is 11.6 Å². The van der Waals surface area contributed by atoms with Crippen LogP contribution in [0.1, 0.15) is 10.4 Å². The van der Waals surface area contributed by atoms with E-state index in [4.69, 9.17) is 16.7 Å². The van der Waals surface area contributed by atoms with Gasteiger partial charge >= 0.3 is 0 Å². The van der Waals surface area contributed by atoms with Gasteiger partial charge in [-0.1, -0.05) is 17.7 Å². The number of aliphatic hydroxyl groups is 1. The molecule has 132 valence electrons. The fourth-order valence-electron chi connectivity index (χ4n) is 2.34. The van der Waals surface area contributed by atoms with Crippen LogP contribution in [-0.2, 0) is 0 Å². The summed E-state index contributed by atoms with van der Waals surface area (Å²) in [5.41, 5.74) is 2.51. The minimum atomic E-state index is -0.277. The van der Waals surface area contributed by atoms with Crippen LogP contribution in [0.2, 0.25) is 5.02 Å². The van der Waals surface area contributed by atoms with Crippen molar-refractivity contribution in [2.45, 2.75) is 0 Å². The quantitative estimate of drug-likeness (QED) is 0.620. The molecule has 2 heterocycles. The number of rotatable bonds is 6. The van der Waals surface area contributed by atoms with Crippen molar-refractivity contribution < 1.29 is 9.90 Å². The van der Waals surface area contributed by atoms with Crippen molar-refractivity contribution in [3.05, 3.63) is 71.5 Å². The predicted molar refractivity (Wildman–Crippen MR) is 102 cm³/mol. The molecule has 1 amide bonds. The van der Waals surface area contributed by atoms with E-state index in [1.807, 2.05) is 18.2 Å². The highest BCUT2D eigenvalue weighted by molar-refractivity contribution is 6.33. The monoisotopic (exact) mass is 368 g/mol. The summed E-state index contributed by atoms with van der Waals surface area (Å²) in [5, 5.41) is 15.1. The third kappa shape index (κ3) is 4.36. The fourth-order valence-corrected chi connectivity index (χ4v) is 2.56. The smallest absolute Gasteiger partial charge is 0.257 e. The Kier molecular flexibility index (Phi) is 5.78. The second-order valence-corrected chi connectivity index (χ2v) is 5.85. The summed E-state index contributed by atoms with van der Waals surface area (Å²) in [6, 6.07) is 14.2. The van der Waals surface area contributed by atoms with Crippen LogP contribution in [0.25, 0.3) is 11.3 Å². The first-order valence-electron chi connectivity index (χ1n) is 8.00. The van der Waals surface area contributed by atoms with Crippen LogP contribution in [0.5, 0.6) is 0 Å². The molecule has 3 N–H and O–H groups in total. The van der Waals surface area contributed by atoms with E-state index in [1.54, 1.807) is 36.5 Å². The Morgan fingerprint density at radius 3 is 2.69 bits per heavy atom. The van der Waals surface area contributed by atoms with Crippen LogP contribution in [0.3, 0.4) is 0 Å². The highest BCUT2D eigenvalue weighted by Gasteiger charge is 2.10. The number of halogens is 1. The van der Waals surface area contributed by atoms with E-state index >= 15 is 0 Å². The molecule has 0 radical (unpaired) electrons. The zero-order valence-corrected chi connectivity index (χ0v) is 14.6. The van der Waals surface area contributed by atoms with Gasteiger partial charge in [-0.25, -0.2) is 4.98 Å². The highest BCUT2D eigenvalue weighted by atomic mass is 35.5. The lowest BCUT2D eigenvalue weighted by atomic mass is 10.1. The van der Waals surface area contributed by atoms with Gasteiger partial charge in [0.1, 0.15) is 5.82 Å². The molecule has 0 saturated heterocycles. The molecule has 3 aromatic rings. The predicted octanol–water partition coefficient (Wildman–Crippen LogP) is 3.45. The standard InChI is InChI=1S/C19H17ClN4O2/c20-16-6-5-14(11-15(16)17-3-1-2-8-21-17)24-19(26)13-4-7-18(23-12-13)22-9-10-25/h1-8,11-12,25H,9-10H2,(H,22,23)(H,24,26). The third-order valence-corrected chi connectivity index (χ3v) is 3.94. The van der Waals surface area contributed by atoms with Crippen LogP contribution in [-0.4, -0.2) is 34.1 Å². The van der Waals surface area contributed by atoms with Gasteiger partial charge in [0.25, 0.3) is 5.91 Å². The van der Waals surface area contributed by atoms with E-state index in [0.717, 1.165) is 11.3 Å². The van der Waals surface area contributed by atoms with Gasteiger partial charge in [0.15, 0.2) is 0 Å². The number of aliphatic hydroxyl groups excluding tert-OH is 1. The Bertz CT molecular complexity index is 886. The van der Waals surface area contributed by atoms with E-state index in [1.165, 1.54) is 6.20 Å². The molecule has 0 saturated carbocycles. The van der Waals surface area contributed by atoms with Gasteiger partial charge in [0.05, 0.1) is 22.9 Å². The molecule has 0 unspecified atom stereocenters. The van der Waals surface area contributed by atoms with E-state index in [0.29, 0.717) is 28.6 Å². The molecule has 26 heavy (non-hydrogen) atoms. The molecule has 1 aromatic carbocycles. The molecule has 6 nitrogen and oxygen atoms in total. The maximum absolute atomic E-state index is 12.4. The lowest BCUT2D eigenvalue weighted by molar-refractivity contribution is 0.102. The molecule has 7 heteroatoms. The Morgan fingerprint density at radius 1 is 1.12 bits per heavy atom. The summed E-state index contributed by atoms with van der Waals surface area (Å²) in [6.07, 6.45) is 3.17. The summed E-state index contributed by atoms with van der Waals surface area (Å²) in [4.78, 5) is 20.8. The van der Waals surface area contributed by atoms with E-state index in [2.05, 4.69) is 20.6 Å². The topological polar surface area (TPSA) is 87.1 Å². The zero-order valence-electron chi connectivity index (χ0n) is 13.8. The first-order chi connectivity index (χ1) is 12.7. The van der Waals surface area contributed by atoms with E-state index in [-0.39, 0.29) is 12.5 Å². The molecule has 3 rings (SSSR count). The second kappa shape index (κ2) is 8.42. The third-order valence-electron chi connectivity index (χ3n) is 3.61. The molecule has 2 aromatic heterocycles. The molecular weight excluding hydrogens is 352 g/mol. The first kappa shape index (κ1) is 17.8. The number of amides is 1. The molecule has 0 aliphatic rings. The summed E-state index contributed by atoms with van der Waals surface area (Å²) < 4.78 is 0. The van der Waals surface area contributed by atoms with Crippen LogP contribution < -0.4 is 10.6 Å². The number of carbonyl (C=O) groups is 1. The summed E-state index contributed by atoms with van der Waals surface area (Å²) in [6.45, 7) is 0.415. The number of pyridine rings is 2. The molecule has 0 spiro atoms. The van der Waals surface area contributed by atoms with Gasteiger partial charge in [-0.05, 0) is 42.5 Å². The number of benzene rings is 1. The van der Waals surface area contributed by atoms with Crippen molar-refractivity contribution in [1.29, 1.82) is 0 Å². The molecular formula is C19H17ClN4O2. The van der Waals surface area contributed by atoms with Crippen molar-refractivity contribution >= 4 is 29.0 Å². The zero-order chi connectivity index (χ0) is 18.4. The van der Waals surface area contributed by atoms with Gasteiger partial charge in [-0.15, -0.1) is 0 Å². The number of carbonyl (C=O) groups excluding carboxylic acids is 1. The molecule has 0 aliphatic heterocycles. The fraction of sp³-hybridized carbons (Fsp3) is 0.105. The normalized spacial score (nSPS) is 10.4. The average molecular weight is 369 g/mol. The maximum atomic E-state index is 12.4. The van der Waals surface area contributed by atoms with Crippen LogP contribution in [0, 0.1) is 0 Å². The minimum absolute atomic E-state index is 0.0130. The lowest BCUT2D eigenvalue weighted by Gasteiger charge is -2.09. The Morgan fingerprint density at radius 2 is 2.00 bits per heavy atom. The number of anilines is 2. The number of hydrogen-bond acceptors (Lipinski definition) is 5.